The van der Waals surface area contributed by atoms with Crippen LogP contribution in [0.1, 0.15) is 38.5 Å². The Labute approximate surface area is 125 Å². The standard InChI is InChI=1S/C15H26N2O4/c18-14(19)13-6-2-1-5-12(13)9-17-15(20)16-8-11-4-3-7-21-10-11/h11-13H,1-10H2,(H,18,19)(H2,16,17,20). The molecule has 0 bridgehead atoms. The number of ether oxygens (including phenoxy) is 1. The molecule has 2 amide bonds. The van der Waals surface area contributed by atoms with Gasteiger partial charge in [-0.1, -0.05) is 12.8 Å². The maximum atomic E-state index is 11.8. The van der Waals surface area contributed by atoms with Crippen molar-refractivity contribution in [3.8, 4) is 0 Å². The first-order valence-corrected chi connectivity index (χ1v) is 7.99. The van der Waals surface area contributed by atoms with Crippen LogP contribution < -0.4 is 10.6 Å². The van der Waals surface area contributed by atoms with Crippen molar-refractivity contribution in [1.29, 1.82) is 0 Å². The molecular formula is C15H26N2O4. The Morgan fingerprint density at radius 3 is 2.52 bits per heavy atom. The average Bonchev–Trinajstić information content (AvgIpc) is 2.52. The summed E-state index contributed by atoms with van der Waals surface area (Å²) >= 11 is 0. The molecular weight excluding hydrogens is 272 g/mol. The van der Waals surface area contributed by atoms with E-state index in [1.165, 1.54) is 0 Å². The molecule has 1 saturated carbocycles. The van der Waals surface area contributed by atoms with E-state index < -0.39 is 5.97 Å². The smallest absolute Gasteiger partial charge is 0.314 e. The highest BCUT2D eigenvalue weighted by Crippen LogP contribution is 2.29. The van der Waals surface area contributed by atoms with Crippen molar-refractivity contribution in [2.24, 2.45) is 17.8 Å². The SMILES string of the molecule is O=C(NCC1CCCOC1)NCC1CCCCC1C(=O)O. The summed E-state index contributed by atoms with van der Waals surface area (Å²) in [4.78, 5) is 23.0. The maximum Gasteiger partial charge on any atom is 0.314 e. The summed E-state index contributed by atoms with van der Waals surface area (Å²) in [7, 11) is 0. The normalized spacial score (nSPS) is 29.6. The molecule has 0 aromatic rings. The predicted octanol–water partition coefficient (Wildman–Crippen LogP) is 1.60. The van der Waals surface area contributed by atoms with Gasteiger partial charge in [-0.3, -0.25) is 4.79 Å². The number of carbonyl (C=O) groups excluding carboxylic acids is 1. The van der Waals surface area contributed by atoms with Gasteiger partial charge in [0.15, 0.2) is 0 Å². The number of carbonyl (C=O) groups is 2. The first kappa shape index (κ1) is 16.1. The number of urea groups is 1. The van der Waals surface area contributed by atoms with E-state index in [0.29, 0.717) is 25.6 Å². The monoisotopic (exact) mass is 298 g/mol. The van der Waals surface area contributed by atoms with Crippen LogP contribution in [0, 0.1) is 17.8 Å². The number of hydrogen-bond donors (Lipinski definition) is 3. The third kappa shape index (κ3) is 5.19. The number of rotatable bonds is 5. The van der Waals surface area contributed by atoms with Crippen molar-refractivity contribution in [2.45, 2.75) is 38.5 Å². The van der Waals surface area contributed by atoms with E-state index in [1.54, 1.807) is 0 Å². The zero-order chi connectivity index (χ0) is 15.1. The largest absolute Gasteiger partial charge is 0.481 e. The molecule has 1 heterocycles. The molecule has 0 radical (unpaired) electrons. The molecule has 1 aliphatic heterocycles. The van der Waals surface area contributed by atoms with Crippen LogP contribution in [0.3, 0.4) is 0 Å². The van der Waals surface area contributed by atoms with Crippen molar-refractivity contribution in [3.05, 3.63) is 0 Å². The predicted molar refractivity (Wildman–Crippen MR) is 78.0 cm³/mol. The van der Waals surface area contributed by atoms with Crippen LogP contribution >= 0.6 is 0 Å². The molecule has 1 aliphatic carbocycles. The Morgan fingerprint density at radius 2 is 1.81 bits per heavy atom. The summed E-state index contributed by atoms with van der Waals surface area (Å²) in [5, 5.41) is 14.9. The first-order chi connectivity index (χ1) is 10.2. The number of aliphatic carboxylic acids is 1. The summed E-state index contributed by atoms with van der Waals surface area (Å²) in [6.07, 6.45) is 5.77. The highest BCUT2D eigenvalue weighted by Gasteiger charge is 2.30. The molecule has 2 fully saturated rings. The first-order valence-electron chi connectivity index (χ1n) is 7.99. The van der Waals surface area contributed by atoms with Gasteiger partial charge in [0.25, 0.3) is 0 Å². The molecule has 0 spiro atoms. The zero-order valence-corrected chi connectivity index (χ0v) is 12.5. The molecule has 3 atom stereocenters. The van der Waals surface area contributed by atoms with Gasteiger partial charge in [0.1, 0.15) is 0 Å². The minimum Gasteiger partial charge on any atom is -0.481 e. The quantitative estimate of drug-likeness (QED) is 0.719. The molecule has 0 aromatic carbocycles. The van der Waals surface area contributed by atoms with Crippen molar-refractivity contribution >= 4 is 12.0 Å². The van der Waals surface area contributed by atoms with E-state index >= 15 is 0 Å². The second-order valence-electron chi connectivity index (χ2n) is 6.16. The summed E-state index contributed by atoms with van der Waals surface area (Å²) in [6, 6.07) is -0.199. The average molecular weight is 298 g/mol. The Balaban J connectivity index is 1.66. The summed E-state index contributed by atoms with van der Waals surface area (Å²) in [5.41, 5.74) is 0. The second-order valence-corrected chi connectivity index (χ2v) is 6.16. The van der Waals surface area contributed by atoms with Gasteiger partial charge in [-0.25, -0.2) is 4.79 Å². The molecule has 6 heteroatoms. The van der Waals surface area contributed by atoms with Crippen LogP contribution in [-0.4, -0.2) is 43.4 Å². The van der Waals surface area contributed by atoms with E-state index in [4.69, 9.17) is 4.74 Å². The fourth-order valence-electron chi connectivity index (χ4n) is 3.27. The molecule has 1 saturated heterocycles. The van der Waals surface area contributed by atoms with Crippen molar-refractivity contribution in [1.82, 2.24) is 10.6 Å². The van der Waals surface area contributed by atoms with E-state index in [2.05, 4.69) is 10.6 Å². The Hall–Kier alpha value is -1.30. The second kappa shape index (κ2) is 8.22. The molecule has 2 rings (SSSR count). The number of amides is 2. The van der Waals surface area contributed by atoms with Crippen LogP contribution in [0.25, 0.3) is 0 Å². The van der Waals surface area contributed by atoms with Crippen LogP contribution in [0.15, 0.2) is 0 Å². The summed E-state index contributed by atoms with van der Waals surface area (Å²) in [6.45, 7) is 2.60. The Bertz CT molecular complexity index is 356. The fourth-order valence-corrected chi connectivity index (χ4v) is 3.27. The lowest BCUT2D eigenvalue weighted by Gasteiger charge is -2.28. The summed E-state index contributed by atoms with van der Waals surface area (Å²) < 4.78 is 5.37. The minimum atomic E-state index is -0.735. The van der Waals surface area contributed by atoms with Crippen LogP contribution in [0.2, 0.25) is 0 Å². The third-order valence-corrected chi connectivity index (χ3v) is 4.56. The van der Waals surface area contributed by atoms with Gasteiger partial charge < -0.3 is 20.5 Å². The van der Waals surface area contributed by atoms with Crippen LogP contribution in [0.5, 0.6) is 0 Å². The molecule has 0 aromatic heterocycles. The molecule has 6 nitrogen and oxygen atoms in total. The number of nitrogens with one attached hydrogen (secondary N) is 2. The Kier molecular flexibility index (Phi) is 6.29. The number of carboxylic acid groups (broad SMARTS) is 1. The molecule has 3 unspecified atom stereocenters. The molecule has 21 heavy (non-hydrogen) atoms. The van der Waals surface area contributed by atoms with Gasteiger partial charge in [0.05, 0.1) is 12.5 Å². The van der Waals surface area contributed by atoms with Crippen molar-refractivity contribution < 1.29 is 19.4 Å². The fraction of sp³-hybridized carbons (Fsp3) is 0.867. The maximum absolute atomic E-state index is 11.8. The molecule has 120 valence electrons. The molecule has 2 aliphatic rings. The summed E-state index contributed by atoms with van der Waals surface area (Å²) in [5.74, 6) is -0.599. The van der Waals surface area contributed by atoms with Gasteiger partial charge in [-0.05, 0) is 37.5 Å². The lowest BCUT2D eigenvalue weighted by Crippen LogP contribution is -2.43. The van der Waals surface area contributed by atoms with Gasteiger partial charge >= 0.3 is 12.0 Å². The molecule has 3 N–H and O–H groups in total. The highest BCUT2D eigenvalue weighted by atomic mass is 16.5. The topological polar surface area (TPSA) is 87.7 Å². The van der Waals surface area contributed by atoms with Gasteiger partial charge in [-0.15, -0.1) is 0 Å². The zero-order valence-electron chi connectivity index (χ0n) is 12.5. The van der Waals surface area contributed by atoms with E-state index in [-0.39, 0.29) is 17.9 Å². The van der Waals surface area contributed by atoms with E-state index in [0.717, 1.165) is 45.1 Å². The van der Waals surface area contributed by atoms with Crippen molar-refractivity contribution in [3.63, 3.8) is 0 Å². The van der Waals surface area contributed by atoms with Crippen LogP contribution in [-0.2, 0) is 9.53 Å². The van der Waals surface area contributed by atoms with Crippen LogP contribution in [0.4, 0.5) is 4.79 Å². The van der Waals surface area contributed by atoms with Gasteiger partial charge in [0.2, 0.25) is 0 Å². The third-order valence-electron chi connectivity index (χ3n) is 4.56. The lowest BCUT2D eigenvalue weighted by molar-refractivity contribution is -0.144. The van der Waals surface area contributed by atoms with E-state index in [9.17, 15) is 14.7 Å². The van der Waals surface area contributed by atoms with Crippen molar-refractivity contribution in [2.75, 3.05) is 26.3 Å². The van der Waals surface area contributed by atoms with Gasteiger partial charge in [0, 0.05) is 19.7 Å². The van der Waals surface area contributed by atoms with E-state index in [1.807, 2.05) is 0 Å². The number of hydrogen-bond acceptors (Lipinski definition) is 3. The Morgan fingerprint density at radius 1 is 1.05 bits per heavy atom. The number of carboxylic acids is 1. The lowest BCUT2D eigenvalue weighted by atomic mass is 9.79. The van der Waals surface area contributed by atoms with Gasteiger partial charge in [-0.2, -0.15) is 0 Å². The highest BCUT2D eigenvalue weighted by molar-refractivity contribution is 5.74. The minimum absolute atomic E-state index is 0.0556.